The summed E-state index contributed by atoms with van der Waals surface area (Å²) in [5, 5.41) is 12.1. The summed E-state index contributed by atoms with van der Waals surface area (Å²) in [4.78, 5) is 29.3. The zero-order valence-corrected chi connectivity index (χ0v) is 15.6. The van der Waals surface area contributed by atoms with Crippen LogP contribution in [0, 0.1) is 0 Å². The van der Waals surface area contributed by atoms with E-state index in [9.17, 15) is 4.79 Å². The Labute approximate surface area is 165 Å². The lowest BCUT2D eigenvalue weighted by Gasteiger charge is -2.29. The highest BCUT2D eigenvalue weighted by molar-refractivity contribution is 5.71. The predicted octanol–water partition coefficient (Wildman–Crippen LogP) is 1.76. The number of rotatable bonds is 4. The number of nitrogens with zero attached hydrogens (tertiary/aromatic N) is 8. The summed E-state index contributed by atoms with van der Waals surface area (Å²) in [6, 6.07) is 7.41. The van der Waals surface area contributed by atoms with Gasteiger partial charge in [0.25, 0.3) is 5.56 Å². The Morgan fingerprint density at radius 2 is 1.86 bits per heavy atom. The second-order valence-electron chi connectivity index (χ2n) is 7.06. The molecule has 4 aromatic rings. The average Bonchev–Trinajstić information content (AvgIpc) is 3.30. The summed E-state index contributed by atoms with van der Waals surface area (Å²) < 4.78 is 3.13. The number of pyridine rings is 1. The van der Waals surface area contributed by atoms with Crippen molar-refractivity contribution in [3.05, 3.63) is 59.7 Å². The van der Waals surface area contributed by atoms with E-state index in [4.69, 9.17) is 0 Å². The van der Waals surface area contributed by atoms with Gasteiger partial charge in [-0.3, -0.25) is 9.78 Å². The summed E-state index contributed by atoms with van der Waals surface area (Å²) >= 11 is 0. The molecule has 1 aliphatic rings. The third kappa shape index (κ3) is 3.56. The van der Waals surface area contributed by atoms with Crippen LogP contribution in [0.15, 0.2) is 54.1 Å². The molecule has 0 spiro atoms. The van der Waals surface area contributed by atoms with E-state index < -0.39 is 0 Å². The number of nitrogens with one attached hydrogen (secondary N) is 1. The van der Waals surface area contributed by atoms with Gasteiger partial charge in [-0.15, -0.1) is 5.10 Å². The maximum atomic E-state index is 12.4. The number of fused-ring (bicyclic) bond motifs is 1. The van der Waals surface area contributed by atoms with Crippen molar-refractivity contribution in [2.45, 2.75) is 37.8 Å². The highest BCUT2D eigenvalue weighted by Gasteiger charge is 2.24. The first kappa shape index (κ1) is 17.4. The van der Waals surface area contributed by atoms with E-state index >= 15 is 0 Å². The molecule has 10 heteroatoms. The van der Waals surface area contributed by atoms with Crippen molar-refractivity contribution in [2.75, 3.05) is 5.32 Å². The van der Waals surface area contributed by atoms with Gasteiger partial charge in [0.05, 0.1) is 6.04 Å². The fourth-order valence-corrected chi connectivity index (χ4v) is 3.73. The fourth-order valence-electron chi connectivity index (χ4n) is 3.73. The number of aromatic nitrogens is 8. The number of hydrogen-bond acceptors (Lipinski definition) is 8. The molecule has 10 nitrogen and oxygen atoms in total. The zero-order chi connectivity index (χ0) is 19.6. The highest BCUT2D eigenvalue weighted by atomic mass is 16.1. The molecule has 0 bridgehead atoms. The molecule has 5 rings (SSSR count). The Bertz CT molecular complexity index is 1180. The summed E-state index contributed by atoms with van der Waals surface area (Å²) in [5.41, 5.74) is 1.31. The molecule has 29 heavy (non-hydrogen) atoms. The molecule has 0 aliphatic heterocycles. The first-order valence-corrected chi connectivity index (χ1v) is 9.55. The van der Waals surface area contributed by atoms with Gasteiger partial charge in [0.15, 0.2) is 11.5 Å². The van der Waals surface area contributed by atoms with Crippen LogP contribution in [-0.4, -0.2) is 45.5 Å². The van der Waals surface area contributed by atoms with Gasteiger partial charge < -0.3 is 5.32 Å². The molecule has 0 unspecified atom stereocenters. The molecule has 4 aromatic heterocycles. The second kappa shape index (κ2) is 7.38. The smallest absolute Gasteiger partial charge is 0.267 e. The van der Waals surface area contributed by atoms with E-state index in [0.717, 1.165) is 37.0 Å². The molecule has 0 radical (unpaired) electrons. The third-order valence-corrected chi connectivity index (χ3v) is 5.19. The van der Waals surface area contributed by atoms with E-state index in [1.165, 1.54) is 12.4 Å². The number of anilines is 1. The van der Waals surface area contributed by atoms with E-state index in [-0.39, 0.29) is 11.6 Å². The Balaban J connectivity index is 1.28. The van der Waals surface area contributed by atoms with Crippen LogP contribution in [0.1, 0.15) is 31.7 Å². The van der Waals surface area contributed by atoms with E-state index in [1.807, 2.05) is 12.1 Å². The van der Waals surface area contributed by atoms with Gasteiger partial charge in [0, 0.05) is 24.5 Å². The van der Waals surface area contributed by atoms with Gasteiger partial charge in [0.1, 0.15) is 24.0 Å². The van der Waals surface area contributed by atoms with Crippen molar-refractivity contribution in [3.63, 3.8) is 0 Å². The molecular weight excluding hydrogens is 370 g/mol. The van der Waals surface area contributed by atoms with Gasteiger partial charge in [-0.25, -0.2) is 24.3 Å². The molecule has 0 aromatic carbocycles. The number of hydrogen-bond donors (Lipinski definition) is 1. The minimum absolute atomic E-state index is 0.0689. The first-order valence-electron chi connectivity index (χ1n) is 9.55. The first-order chi connectivity index (χ1) is 14.3. The fraction of sp³-hybridized carbons (Fsp3) is 0.316. The van der Waals surface area contributed by atoms with Crippen LogP contribution < -0.4 is 10.9 Å². The molecule has 1 fully saturated rings. The van der Waals surface area contributed by atoms with Crippen LogP contribution in [0.3, 0.4) is 0 Å². The summed E-state index contributed by atoms with van der Waals surface area (Å²) in [6.07, 6.45) is 9.88. The Kier molecular flexibility index (Phi) is 4.43. The van der Waals surface area contributed by atoms with Crippen molar-refractivity contribution in [3.8, 4) is 5.82 Å². The molecule has 1 saturated carbocycles. The monoisotopic (exact) mass is 389 g/mol. The maximum Gasteiger partial charge on any atom is 0.267 e. The van der Waals surface area contributed by atoms with Gasteiger partial charge in [-0.1, -0.05) is 0 Å². The Hall–Kier alpha value is -3.69. The van der Waals surface area contributed by atoms with Crippen LogP contribution in [0.25, 0.3) is 17.0 Å². The van der Waals surface area contributed by atoms with Crippen LogP contribution in [0.5, 0.6) is 0 Å². The molecule has 1 N–H and O–H groups in total. The largest absolute Gasteiger partial charge is 0.367 e. The lowest BCUT2D eigenvalue weighted by molar-refractivity contribution is 0.302. The van der Waals surface area contributed by atoms with Gasteiger partial charge >= 0.3 is 0 Å². The predicted molar refractivity (Wildman–Crippen MR) is 106 cm³/mol. The lowest BCUT2D eigenvalue weighted by Crippen LogP contribution is -2.33. The molecule has 0 saturated heterocycles. The quantitative estimate of drug-likeness (QED) is 0.561. The standard InChI is InChI=1S/C19H19N9O/c29-18-8-7-17(27-12-20-11-23-27)26-28(18)14-3-1-13(2-4-14)24-16-6-5-15-19(25-16)22-10-9-21-15/h5-14H,1-4H2,(H,22,24,25). The highest BCUT2D eigenvalue weighted by Crippen LogP contribution is 2.29. The molecule has 4 heterocycles. The minimum atomic E-state index is -0.0972. The second-order valence-corrected chi connectivity index (χ2v) is 7.06. The summed E-state index contributed by atoms with van der Waals surface area (Å²) in [5.74, 6) is 1.38. The average molecular weight is 389 g/mol. The van der Waals surface area contributed by atoms with Crippen LogP contribution in [0.4, 0.5) is 5.82 Å². The maximum absolute atomic E-state index is 12.4. The van der Waals surface area contributed by atoms with E-state index in [0.29, 0.717) is 17.5 Å². The van der Waals surface area contributed by atoms with Gasteiger partial charge in [-0.2, -0.15) is 5.10 Å². The van der Waals surface area contributed by atoms with E-state index in [2.05, 4.69) is 35.5 Å². The topological polar surface area (TPSA) is 116 Å². The SMILES string of the molecule is O=c1ccc(-n2cncn2)nn1C1CCC(Nc2ccc3nccnc3n2)CC1. The normalized spacial score (nSPS) is 19.3. The van der Waals surface area contributed by atoms with Crippen LogP contribution in [0.2, 0.25) is 0 Å². The van der Waals surface area contributed by atoms with Crippen molar-refractivity contribution < 1.29 is 0 Å². The minimum Gasteiger partial charge on any atom is -0.367 e. The van der Waals surface area contributed by atoms with Gasteiger partial charge in [0.2, 0.25) is 0 Å². The van der Waals surface area contributed by atoms with Crippen LogP contribution >= 0.6 is 0 Å². The summed E-state index contributed by atoms with van der Waals surface area (Å²) in [6.45, 7) is 0. The van der Waals surface area contributed by atoms with Crippen molar-refractivity contribution >= 4 is 17.0 Å². The molecule has 0 amide bonds. The van der Waals surface area contributed by atoms with Gasteiger partial charge in [-0.05, 0) is 43.9 Å². The molecule has 0 atom stereocenters. The Morgan fingerprint density at radius 3 is 2.69 bits per heavy atom. The van der Waals surface area contributed by atoms with Crippen molar-refractivity contribution in [2.24, 2.45) is 0 Å². The molecule has 146 valence electrons. The molecule has 1 aliphatic carbocycles. The molecular formula is C19H19N9O. The Morgan fingerprint density at radius 1 is 1.00 bits per heavy atom. The van der Waals surface area contributed by atoms with Crippen molar-refractivity contribution in [1.82, 2.24) is 39.5 Å². The third-order valence-electron chi connectivity index (χ3n) is 5.19. The van der Waals surface area contributed by atoms with E-state index in [1.54, 1.807) is 34.2 Å². The summed E-state index contributed by atoms with van der Waals surface area (Å²) in [7, 11) is 0. The lowest BCUT2D eigenvalue weighted by atomic mass is 9.91. The van der Waals surface area contributed by atoms with Crippen molar-refractivity contribution in [1.29, 1.82) is 0 Å². The zero-order valence-electron chi connectivity index (χ0n) is 15.6. The van der Waals surface area contributed by atoms with Crippen LogP contribution in [-0.2, 0) is 0 Å².